The van der Waals surface area contributed by atoms with Crippen LogP contribution >= 0.6 is 0 Å². The predicted octanol–water partition coefficient (Wildman–Crippen LogP) is 2.06. The van der Waals surface area contributed by atoms with Crippen LogP contribution in [0, 0.1) is 20.8 Å². The second kappa shape index (κ2) is 5.07. The first-order valence-electron chi connectivity index (χ1n) is 6.77. The van der Waals surface area contributed by atoms with Crippen molar-refractivity contribution >= 4 is 5.95 Å². The van der Waals surface area contributed by atoms with Crippen LogP contribution in [0.5, 0.6) is 5.75 Å². The van der Waals surface area contributed by atoms with Crippen molar-refractivity contribution in [3.63, 3.8) is 0 Å². The number of ether oxygens (including phenoxy) is 1. The summed E-state index contributed by atoms with van der Waals surface area (Å²) in [5.74, 6) is 1.68. The zero-order valence-corrected chi connectivity index (χ0v) is 12.0. The van der Waals surface area contributed by atoms with Crippen molar-refractivity contribution in [3.8, 4) is 5.75 Å². The highest BCUT2D eigenvalue weighted by Crippen LogP contribution is 2.22. The molecule has 0 atom stereocenters. The Kier molecular flexibility index (Phi) is 3.26. The van der Waals surface area contributed by atoms with Crippen molar-refractivity contribution in [1.29, 1.82) is 0 Å². The lowest BCUT2D eigenvalue weighted by Gasteiger charge is -2.39. The Morgan fingerprint density at radius 1 is 1.05 bits per heavy atom. The number of nitrogens with zero attached hydrogens (tertiary/aromatic N) is 4. The van der Waals surface area contributed by atoms with Gasteiger partial charge >= 0.3 is 0 Å². The molecule has 2 aromatic rings. The van der Waals surface area contributed by atoms with Gasteiger partial charge in [-0.05, 0) is 32.9 Å². The van der Waals surface area contributed by atoms with E-state index in [-0.39, 0.29) is 6.10 Å². The minimum Gasteiger partial charge on any atom is -0.487 e. The van der Waals surface area contributed by atoms with Gasteiger partial charge in [0.05, 0.1) is 13.1 Å². The Bertz CT molecular complexity index is 603. The molecule has 0 bridgehead atoms. The quantitative estimate of drug-likeness (QED) is 0.854. The van der Waals surface area contributed by atoms with Crippen LogP contribution in [0.2, 0.25) is 0 Å². The van der Waals surface area contributed by atoms with Gasteiger partial charge in [0.1, 0.15) is 11.9 Å². The summed E-state index contributed by atoms with van der Waals surface area (Å²) in [4.78, 5) is 15.2. The van der Waals surface area contributed by atoms with E-state index in [1.807, 2.05) is 39.0 Å². The molecule has 0 aliphatic carbocycles. The van der Waals surface area contributed by atoms with Gasteiger partial charge < -0.3 is 9.64 Å². The SMILES string of the molecule is Cc1cc(OC2CN(c3nc(C)cc(C)n3)C2)ccn1. The monoisotopic (exact) mass is 270 g/mol. The minimum absolute atomic E-state index is 0.196. The van der Waals surface area contributed by atoms with Gasteiger partial charge in [-0.2, -0.15) is 0 Å². The Hall–Kier alpha value is -2.17. The molecular weight excluding hydrogens is 252 g/mol. The molecule has 5 nitrogen and oxygen atoms in total. The van der Waals surface area contributed by atoms with Gasteiger partial charge in [-0.25, -0.2) is 9.97 Å². The average Bonchev–Trinajstić information content (AvgIpc) is 2.32. The van der Waals surface area contributed by atoms with E-state index in [2.05, 4.69) is 19.9 Å². The summed E-state index contributed by atoms with van der Waals surface area (Å²) in [5.41, 5.74) is 2.97. The third-order valence-corrected chi connectivity index (χ3v) is 3.27. The smallest absolute Gasteiger partial charge is 0.226 e. The van der Waals surface area contributed by atoms with E-state index < -0.39 is 0 Å². The van der Waals surface area contributed by atoms with Crippen LogP contribution < -0.4 is 9.64 Å². The second-order valence-corrected chi connectivity index (χ2v) is 5.23. The molecule has 0 unspecified atom stereocenters. The van der Waals surface area contributed by atoms with E-state index in [1.54, 1.807) is 6.20 Å². The molecule has 1 aliphatic heterocycles. The number of aromatic nitrogens is 3. The van der Waals surface area contributed by atoms with Gasteiger partial charge in [0.25, 0.3) is 0 Å². The molecule has 0 N–H and O–H groups in total. The number of pyridine rings is 1. The fraction of sp³-hybridized carbons (Fsp3) is 0.400. The van der Waals surface area contributed by atoms with Gasteiger partial charge in [-0.1, -0.05) is 0 Å². The summed E-state index contributed by atoms with van der Waals surface area (Å²) in [5, 5.41) is 0. The molecule has 2 aromatic heterocycles. The second-order valence-electron chi connectivity index (χ2n) is 5.23. The van der Waals surface area contributed by atoms with Crippen LogP contribution in [0.15, 0.2) is 24.4 Å². The predicted molar refractivity (Wildman–Crippen MR) is 77.1 cm³/mol. The van der Waals surface area contributed by atoms with E-state index in [4.69, 9.17) is 4.74 Å². The first kappa shape index (κ1) is 12.8. The van der Waals surface area contributed by atoms with Gasteiger partial charge in [0, 0.05) is 29.3 Å². The van der Waals surface area contributed by atoms with Crippen molar-refractivity contribution in [1.82, 2.24) is 15.0 Å². The lowest BCUT2D eigenvalue weighted by molar-refractivity contribution is 0.165. The fourth-order valence-corrected chi connectivity index (χ4v) is 2.31. The molecule has 20 heavy (non-hydrogen) atoms. The highest BCUT2D eigenvalue weighted by Gasteiger charge is 2.30. The Labute approximate surface area is 118 Å². The maximum absolute atomic E-state index is 5.91. The molecule has 1 saturated heterocycles. The maximum Gasteiger partial charge on any atom is 0.226 e. The van der Waals surface area contributed by atoms with E-state index in [1.165, 1.54) is 0 Å². The van der Waals surface area contributed by atoms with Crippen molar-refractivity contribution in [2.75, 3.05) is 18.0 Å². The molecule has 0 saturated carbocycles. The summed E-state index contributed by atoms with van der Waals surface area (Å²) < 4.78 is 5.91. The van der Waals surface area contributed by atoms with Crippen LogP contribution in [0.1, 0.15) is 17.1 Å². The van der Waals surface area contributed by atoms with E-state index >= 15 is 0 Å². The summed E-state index contributed by atoms with van der Waals surface area (Å²) in [6.07, 6.45) is 1.97. The van der Waals surface area contributed by atoms with Crippen LogP contribution in [-0.4, -0.2) is 34.1 Å². The Morgan fingerprint density at radius 2 is 1.75 bits per heavy atom. The summed E-state index contributed by atoms with van der Waals surface area (Å²) in [6, 6.07) is 5.83. The summed E-state index contributed by atoms with van der Waals surface area (Å²) in [6.45, 7) is 7.59. The van der Waals surface area contributed by atoms with E-state index in [0.29, 0.717) is 0 Å². The average molecular weight is 270 g/mol. The number of rotatable bonds is 3. The normalized spacial score (nSPS) is 15.1. The Balaban J connectivity index is 1.61. The maximum atomic E-state index is 5.91. The van der Waals surface area contributed by atoms with Crippen LogP contribution in [0.3, 0.4) is 0 Å². The van der Waals surface area contributed by atoms with Crippen molar-refractivity contribution in [2.45, 2.75) is 26.9 Å². The third kappa shape index (κ3) is 2.71. The molecule has 5 heteroatoms. The molecular formula is C15H18N4O. The summed E-state index contributed by atoms with van der Waals surface area (Å²) >= 11 is 0. The largest absolute Gasteiger partial charge is 0.487 e. The zero-order valence-electron chi connectivity index (χ0n) is 12.0. The van der Waals surface area contributed by atoms with Crippen LogP contribution in [0.25, 0.3) is 0 Å². The number of hydrogen-bond donors (Lipinski definition) is 0. The molecule has 1 aliphatic rings. The molecule has 0 radical (unpaired) electrons. The van der Waals surface area contributed by atoms with Gasteiger partial charge in [-0.3, -0.25) is 4.98 Å². The minimum atomic E-state index is 0.196. The van der Waals surface area contributed by atoms with E-state index in [9.17, 15) is 0 Å². The first-order valence-corrected chi connectivity index (χ1v) is 6.77. The molecule has 3 heterocycles. The summed E-state index contributed by atoms with van der Waals surface area (Å²) in [7, 11) is 0. The molecule has 0 amide bonds. The van der Waals surface area contributed by atoms with E-state index in [0.717, 1.165) is 41.9 Å². The van der Waals surface area contributed by atoms with Gasteiger partial charge in [-0.15, -0.1) is 0 Å². The molecule has 3 rings (SSSR count). The van der Waals surface area contributed by atoms with Gasteiger partial charge in [0.2, 0.25) is 5.95 Å². The highest BCUT2D eigenvalue weighted by atomic mass is 16.5. The lowest BCUT2D eigenvalue weighted by Crippen LogP contribution is -2.54. The fourth-order valence-electron chi connectivity index (χ4n) is 2.31. The van der Waals surface area contributed by atoms with Crippen molar-refractivity contribution < 1.29 is 4.74 Å². The number of aryl methyl sites for hydroxylation is 3. The number of hydrogen-bond acceptors (Lipinski definition) is 5. The van der Waals surface area contributed by atoms with Crippen LogP contribution in [-0.2, 0) is 0 Å². The Morgan fingerprint density at radius 3 is 2.40 bits per heavy atom. The molecule has 1 fully saturated rings. The molecule has 104 valence electrons. The number of anilines is 1. The van der Waals surface area contributed by atoms with Crippen LogP contribution in [0.4, 0.5) is 5.95 Å². The molecule has 0 aromatic carbocycles. The van der Waals surface area contributed by atoms with Crippen molar-refractivity contribution in [2.24, 2.45) is 0 Å². The highest BCUT2D eigenvalue weighted by molar-refractivity contribution is 5.37. The van der Waals surface area contributed by atoms with Gasteiger partial charge in [0.15, 0.2) is 0 Å². The zero-order chi connectivity index (χ0) is 14.1. The molecule has 0 spiro atoms. The lowest BCUT2D eigenvalue weighted by atomic mass is 10.2. The van der Waals surface area contributed by atoms with Crippen molar-refractivity contribution in [3.05, 3.63) is 41.5 Å². The third-order valence-electron chi connectivity index (χ3n) is 3.27. The standard InChI is InChI=1S/C15H18N4O/c1-10-7-13(4-5-16-10)20-14-8-19(9-14)15-17-11(2)6-12(3)18-15/h4-7,14H,8-9H2,1-3H3. The topological polar surface area (TPSA) is 51.1 Å². The first-order chi connectivity index (χ1) is 9.60.